The molecule has 0 spiro atoms. The van der Waals surface area contributed by atoms with Gasteiger partial charge in [0.25, 0.3) is 0 Å². The van der Waals surface area contributed by atoms with Gasteiger partial charge in [-0.1, -0.05) is 22.9 Å². The second-order valence-corrected chi connectivity index (χ2v) is 5.07. The third-order valence-corrected chi connectivity index (χ3v) is 3.34. The minimum atomic E-state index is 0.144. The van der Waals surface area contributed by atoms with E-state index in [0.717, 1.165) is 22.3 Å². The largest absolute Gasteiger partial charge is 0.377 e. The molecular formula is C14H16BrN3. The fourth-order valence-corrected chi connectivity index (χ4v) is 2.25. The molecule has 1 N–H and O–H groups in total. The first kappa shape index (κ1) is 13.0. The maximum absolute atomic E-state index is 4.31. The molecule has 0 saturated heterocycles. The zero-order valence-corrected chi connectivity index (χ0v) is 12.1. The highest BCUT2D eigenvalue weighted by Crippen LogP contribution is 2.24. The number of aromatic nitrogens is 2. The molecule has 1 aromatic carbocycles. The van der Waals surface area contributed by atoms with Crippen LogP contribution in [0.3, 0.4) is 0 Å². The minimum absolute atomic E-state index is 0.144. The van der Waals surface area contributed by atoms with Crippen LogP contribution in [-0.2, 0) is 6.42 Å². The number of halogens is 1. The predicted molar refractivity (Wildman–Crippen MR) is 77.6 cm³/mol. The number of hydrogen-bond acceptors (Lipinski definition) is 3. The summed E-state index contributed by atoms with van der Waals surface area (Å²) in [5.74, 6) is 0. The van der Waals surface area contributed by atoms with E-state index in [9.17, 15) is 0 Å². The third-order valence-electron chi connectivity index (χ3n) is 2.85. The van der Waals surface area contributed by atoms with Crippen LogP contribution in [0.15, 0.2) is 41.3 Å². The number of rotatable bonds is 4. The highest BCUT2D eigenvalue weighted by Gasteiger charge is 2.09. The molecule has 0 radical (unpaired) electrons. The zero-order chi connectivity index (χ0) is 13.0. The van der Waals surface area contributed by atoms with Crippen molar-refractivity contribution < 1.29 is 0 Å². The van der Waals surface area contributed by atoms with Gasteiger partial charge < -0.3 is 5.32 Å². The molecule has 0 aliphatic rings. The Morgan fingerprint density at radius 3 is 2.83 bits per heavy atom. The van der Waals surface area contributed by atoms with Gasteiger partial charge in [-0.3, -0.25) is 9.97 Å². The van der Waals surface area contributed by atoms with E-state index in [2.05, 4.69) is 57.2 Å². The van der Waals surface area contributed by atoms with Gasteiger partial charge in [0, 0.05) is 22.6 Å². The summed E-state index contributed by atoms with van der Waals surface area (Å²) in [6.07, 6.45) is 6.19. The molecule has 0 amide bonds. The summed E-state index contributed by atoms with van der Waals surface area (Å²) in [5, 5.41) is 3.48. The lowest BCUT2D eigenvalue weighted by Gasteiger charge is -2.17. The molecule has 0 bridgehead atoms. The molecule has 0 aliphatic carbocycles. The summed E-state index contributed by atoms with van der Waals surface area (Å²) < 4.78 is 1.11. The lowest BCUT2D eigenvalue weighted by molar-refractivity contribution is 0.824. The Hall–Kier alpha value is -1.42. The first-order valence-corrected chi connectivity index (χ1v) is 6.81. The summed E-state index contributed by atoms with van der Waals surface area (Å²) in [6, 6.07) is 6.43. The summed E-state index contributed by atoms with van der Waals surface area (Å²) in [7, 11) is 0. The SMILES string of the molecule is CCc1cc(Br)ccc1NC(C)c1cnccn1. The number of nitrogens with one attached hydrogen (secondary N) is 1. The smallest absolute Gasteiger partial charge is 0.0806 e. The van der Waals surface area contributed by atoms with Crippen LogP contribution in [0.5, 0.6) is 0 Å². The zero-order valence-electron chi connectivity index (χ0n) is 10.5. The molecule has 0 aliphatic heterocycles. The Morgan fingerprint density at radius 1 is 1.33 bits per heavy atom. The molecule has 1 aromatic heterocycles. The number of hydrogen-bond donors (Lipinski definition) is 1. The number of aryl methyl sites for hydroxylation is 1. The van der Waals surface area contributed by atoms with E-state index in [4.69, 9.17) is 0 Å². The highest BCUT2D eigenvalue weighted by atomic mass is 79.9. The molecule has 2 rings (SSSR count). The lowest BCUT2D eigenvalue weighted by atomic mass is 10.1. The fourth-order valence-electron chi connectivity index (χ4n) is 1.84. The van der Waals surface area contributed by atoms with Crippen molar-refractivity contribution in [3.05, 3.63) is 52.5 Å². The van der Waals surface area contributed by atoms with Crippen LogP contribution in [0, 0.1) is 0 Å². The van der Waals surface area contributed by atoms with Crippen LogP contribution >= 0.6 is 15.9 Å². The van der Waals surface area contributed by atoms with Gasteiger partial charge in [0.05, 0.1) is 17.9 Å². The summed E-state index contributed by atoms with van der Waals surface area (Å²) in [5.41, 5.74) is 3.39. The van der Waals surface area contributed by atoms with E-state index < -0.39 is 0 Å². The van der Waals surface area contributed by atoms with Gasteiger partial charge in [-0.05, 0) is 37.1 Å². The number of benzene rings is 1. The normalized spacial score (nSPS) is 12.2. The van der Waals surface area contributed by atoms with Gasteiger partial charge in [0.15, 0.2) is 0 Å². The first-order chi connectivity index (χ1) is 8.70. The maximum atomic E-state index is 4.31. The van der Waals surface area contributed by atoms with Crippen molar-refractivity contribution in [1.82, 2.24) is 9.97 Å². The van der Waals surface area contributed by atoms with Crippen molar-refractivity contribution in [3.8, 4) is 0 Å². The Balaban J connectivity index is 2.19. The molecule has 1 heterocycles. The standard InChI is InChI=1S/C14H16BrN3/c1-3-11-8-12(15)4-5-13(11)18-10(2)14-9-16-6-7-17-14/h4-10,18H,3H2,1-2H3. The van der Waals surface area contributed by atoms with Gasteiger partial charge in [-0.15, -0.1) is 0 Å². The van der Waals surface area contributed by atoms with Gasteiger partial charge in [-0.25, -0.2) is 0 Å². The van der Waals surface area contributed by atoms with Crippen molar-refractivity contribution in [1.29, 1.82) is 0 Å². The van der Waals surface area contributed by atoms with Crippen LogP contribution < -0.4 is 5.32 Å². The van der Waals surface area contributed by atoms with Crippen molar-refractivity contribution in [3.63, 3.8) is 0 Å². The molecule has 3 nitrogen and oxygen atoms in total. The summed E-state index contributed by atoms with van der Waals surface area (Å²) in [6.45, 7) is 4.24. The molecular weight excluding hydrogens is 290 g/mol. The van der Waals surface area contributed by atoms with Crippen LogP contribution in [0.25, 0.3) is 0 Å². The quantitative estimate of drug-likeness (QED) is 0.928. The molecule has 0 fully saturated rings. The van der Waals surface area contributed by atoms with Gasteiger partial charge >= 0.3 is 0 Å². The summed E-state index contributed by atoms with van der Waals surface area (Å²) in [4.78, 5) is 8.41. The van der Waals surface area contributed by atoms with Crippen LogP contribution in [0.2, 0.25) is 0 Å². The molecule has 18 heavy (non-hydrogen) atoms. The molecule has 4 heteroatoms. The molecule has 1 unspecified atom stereocenters. The predicted octanol–water partition coefficient (Wildman–Crippen LogP) is 3.97. The Kier molecular flexibility index (Phi) is 4.31. The average Bonchev–Trinajstić information content (AvgIpc) is 2.41. The topological polar surface area (TPSA) is 37.8 Å². The number of nitrogens with zero attached hydrogens (tertiary/aromatic N) is 2. The average molecular weight is 306 g/mol. The van der Waals surface area contributed by atoms with Crippen molar-refractivity contribution in [2.75, 3.05) is 5.32 Å². The van der Waals surface area contributed by atoms with E-state index in [1.807, 2.05) is 6.07 Å². The Morgan fingerprint density at radius 2 is 2.17 bits per heavy atom. The molecule has 2 aromatic rings. The van der Waals surface area contributed by atoms with Gasteiger partial charge in [0.2, 0.25) is 0 Å². The van der Waals surface area contributed by atoms with Crippen LogP contribution in [0.4, 0.5) is 5.69 Å². The lowest BCUT2D eigenvalue weighted by Crippen LogP contribution is -2.10. The Labute approximate surface area is 116 Å². The maximum Gasteiger partial charge on any atom is 0.0806 e. The second-order valence-electron chi connectivity index (χ2n) is 4.15. The van der Waals surface area contributed by atoms with E-state index in [1.165, 1.54) is 5.56 Å². The third kappa shape index (κ3) is 3.07. The van der Waals surface area contributed by atoms with E-state index in [-0.39, 0.29) is 6.04 Å². The van der Waals surface area contributed by atoms with Crippen molar-refractivity contribution >= 4 is 21.6 Å². The van der Waals surface area contributed by atoms with E-state index in [1.54, 1.807) is 18.6 Å². The van der Waals surface area contributed by atoms with Crippen LogP contribution in [-0.4, -0.2) is 9.97 Å². The van der Waals surface area contributed by atoms with E-state index >= 15 is 0 Å². The van der Waals surface area contributed by atoms with Crippen molar-refractivity contribution in [2.24, 2.45) is 0 Å². The van der Waals surface area contributed by atoms with Crippen molar-refractivity contribution in [2.45, 2.75) is 26.3 Å². The minimum Gasteiger partial charge on any atom is -0.377 e. The number of anilines is 1. The Bertz CT molecular complexity index is 514. The highest BCUT2D eigenvalue weighted by molar-refractivity contribution is 9.10. The monoisotopic (exact) mass is 305 g/mol. The molecule has 1 atom stereocenters. The van der Waals surface area contributed by atoms with Crippen LogP contribution in [0.1, 0.15) is 31.1 Å². The van der Waals surface area contributed by atoms with Gasteiger partial charge in [0.1, 0.15) is 0 Å². The van der Waals surface area contributed by atoms with Gasteiger partial charge in [-0.2, -0.15) is 0 Å². The second kappa shape index (κ2) is 5.96. The fraction of sp³-hybridized carbons (Fsp3) is 0.286. The molecule has 0 saturated carbocycles. The molecule has 94 valence electrons. The van der Waals surface area contributed by atoms with E-state index in [0.29, 0.717) is 0 Å². The first-order valence-electron chi connectivity index (χ1n) is 6.01. The summed E-state index contributed by atoms with van der Waals surface area (Å²) >= 11 is 3.50.